The second kappa shape index (κ2) is 6.21. The van der Waals surface area contributed by atoms with Crippen molar-refractivity contribution in [2.75, 3.05) is 0 Å². The van der Waals surface area contributed by atoms with Crippen molar-refractivity contribution in [2.24, 2.45) is 0 Å². The van der Waals surface area contributed by atoms with Crippen LogP contribution in [0.1, 0.15) is 40.8 Å². The molecule has 0 radical (unpaired) electrons. The van der Waals surface area contributed by atoms with Crippen LogP contribution in [0.15, 0.2) is 30.6 Å². The van der Waals surface area contributed by atoms with Gasteiger partial charge in [-0.2, -0.15) is 10.4 Å². The number of fused-ring (bicyclic) bond motifs is 1. The molecule has 2 aromatic heterocycles. The van der Waals surface area contributed by atoms with Crippen LogP contribution in [-0.4, -0.2) is 14.8 Å². The molecule has 5 heteroatoms. The SMILES string of the molecule is Cc1cccc(-c2ncnn2-c2sc3c(c2C#N)CCCCC3)c1. The minimum Gasteiger partial charge on any atom is -0.215 e. The third-order valence-electron chi connectivity index (χ3n) is 4.53. The van der Waals surface area contributed by atoms with E-state index in [1.165, 1.54) is 35.3 Å². The van der Waals surface area contributed by atoms with E-state index >= 15 is 0 Å². The lowest BCUT2D eigenvalue weighted by Crippen LogP contribution is -2.00. The molecule has 120 valence electrons. The van der Waals surface area contributed by atoms with Crippen LogP contribution < -0.4 is 0 Å². The van der Waals surface area contributed by atoms with Crippen molar-refractivity contribution in [3.63, 3.8) is 0 Å². The van der Waals surface area contributed by atoms with Crippen LogP contribution in [0.25, 0.3) is 16.4 Å². The first-order valence-corrected chi connectivity index (χ1v) is 9.11. The summed E-state index contributed by atoms with van der Waals surface area (Å²) in [7, 11) is 0. The van der Waals surface area contributed by atoms with E-state index < -0.39 is 0 Å². The zero-order valence-electron chi connectivity index (χ0n) is 13.6. The van der Waals surface area contributed by atoms with Gasteiger partial charge in [-0.05, 0) is 44.2 Å². The topological polar surface area (TPSA) is 54.5 Å². The monoisotopic (exact) mass is 334 g/mol. The number of benzene rings is 1. The standard InChI is InChI=1S/C19H18N4S/c1-13-6-5-7-14(10-13)18-21-12-22-23(18)19-16(11-20)15-8-3-2-4-9-17(15)24-19/h5-7,10,12H,2-4,8-9H2,1H3. The van der Waals surface area contributed by atoms with Crippen molar-refractivity contribution in [1.29, 1.82) is 5.26 Å². The summed E-state index contributed by atoms with van der Waals surface area (Å²) in [5, 5.41) is 15.1. The zero-order valence-corrected chi connectivity index (χ0v) is 14.4. The molecule has 24 heavy (non-hydrogen) atoms. The molecule has 4 nitrogen and oxygen atoms in total. The highest BCUT2D eigenvalue weighted by atomic mass is 32.1. The van der Waals surface area contributed by atoms with E-state index in [-0.39, 0.29) is 0 Å². The van der Waals surface area contributed by atoms with E-state index in [0.29, 0.717) is 0 Å². The third-order valence-corrected chi connectivity index (χ3v) is 5.80. The van der Waals surface area contributed by atoms with Crippen LogP contribution in [0, 0.1) is 18.3 Å². The number of aryl methyl sites for hydroxylation is 2. The van der Waals surface area contributed by atoms with Crippen LogP contribution in [-0.2, 0) is 12.8 Å². The molecule has 0 saturated carbocycles. The first kappa shape index (κ1) is 15.1. The smallest absolute Gasteiger partial charge is 0.164 e. The van der Waals surface area contributed by atoms with Gasteiger partial charge in [-0.1, -0.05) is 30.2 Å². The molecule has 4 rings (SSSR count). The molecule has 1 aliphatic carbocycles. The number of nitrogens with zero attached hydrogens (tertiary/aromatic N) is 4. The Morgan fingerprint density at radius 2 is 2.08 bits per heavy atom. The third kappa shape index (κ3) is 2.53. The molecule has 0 fully saturated rings. The second-order valence-corrected chi connectivity index (χ2v) is 7.30. The lowest BCUT2D eigenvalue weighted by Gasteiger charge is -2.06. The van der Waals surface area contributed by atoms with E-state index in [1.807, 2.05) is 16.8 Å². The predicted molar refractivity (Wildman–Crippen MR) is 95.4 cm³/mol. The van der Waals surface area contributed by atoms with Gasteiger partial charge >= 0.3 is 0 Å². The number of nitriles is 1. The molecule has 0 bridgehead atoms. The fourth-order valence-electron chi connectivity index (χ4n) is 3.36. The Balaban J connectivity index is 1.87. The van der Waals surface area contributed by atoms with Gasteiger partial charge in [0.15, 0.2) is 5.82 Å². The number of thiophene rings is 1. The maximum atomic E-state index is 9.75. The number of hydrogen-bond acceptors (Lipinski definition) is 4. The van der Waals surface area contributed by atoms with E-state index in [2.05, 4.69) is 35.2 Å². The van der Waals surface area contributed by atoms with Crippen LogP contribution in [0.2, 0.25) is 0 Å². The van der Waals surface area contributed by atoms with E-state index in [0.717, 1.165) is 34.8 Å². The molecule has 0 N–H and O–H groups in total. The van der Waals surface area contributed by atoms with Crippen molar-refractivity contribution >= 4 is 11.3 Å². The van der Waals surface area contributed by atoms with Gasteiger partial charge in [-0.15, -0.1) is 11.3 Å². The summed E-state index contributed by atoms with van der Waals surface area (Å²) in [4.78, 5) is 5.80. The van der Waals surface area contributed by atoms with Gasteiger partial charge in [0.25, 0.3) is 0 Å². The Morgan fingerprint density at radius 1 is 1.21 bits per heavy atom. The number of hydrogen-bond donors (Lipinski definition) is 0. The molecule has 0 spiro atoms. The van der Waals surface area contributed by atoms with Gasteiger partial charge in [0.1, 0.15) is 17.4 Å². The largest absolute Gasteiger partial charge is 0.215 e. The summed E-state index contributed by atoms with van der Waals surface area (Å²) in [5.41, 5.74) is 4.24. The van der Waals surface area contributed by atoms with E-state index in [1.54, 1.807) is 17.7 Å². The summed E-state index contributed by atoms with van der Waals surface area (Å²) < 4.78 is 1.84. The number of aromatic nitrogens is 3. The molecule has 0 aliphatic heterocycles. The highest BCUT2D eigenvalue weighted by molar-refractivity contribution is 7.15. The lowest BCUT2D eigenvalue weighted by molar-refractivity contribution is 0.712. The molecule has 2 heterocycles. The summed E-state index contributed by atoms with van der Waals surface area (Å²) in [6.45, 7) is 2.07. The Hall–Kier alpha value is -2.45. The minimum atomic E-state index is 0.788. The van der Waals surface area contributed by atoms with Gasteiger partial charge < -0.3 is 0 Å². The molecule has 1 aromatic carbocycles. The van der Waals surface area contributed by atoms with Crippen LogP contribution in [0.4, 0.5) is 0 Å². The summed E-state index contributed by atoms with van der Waals surface area (Å²) in [6.07, 6.45) is 7.27. The Kier molecular flexibility index (Phi) is 3.91. The Morgan fingerprint density at radius 3 is 2.92 bits per heavy atom. The van der Waals surface area contributed by atoms with Crippen molar-refractivity contribution in [1.82, 2.24) is 14.8 Å². The highest BCUT2D eigenvalue weighted by Crippen LogP contribution is 2.36. The Labute approximate surface area is 145 Å². The van der Waals surface area contributed by atoms with E-state index in [9.17, 15) is 5.26 Å². The first-order valence-electron chi connectivity index (χ1n) is 8.30. The molecule has 0 atom stereocenters. The van der Waals surface area contributed by atoms with Crippen LogP contribution >= 0.6 is 11.3 Å². The van der Waals surface area contributed by atoms with Crippen molar-refractivity contribution in [2.45, 2.75) is 39.0 Å². The molecule has 0 amide bonds. The normalized spacial score (nSPS) is 14.0. The summed E-state index contributed by atoms with van der Waals surface area (Å²) in [5.74, 6) is 0.798. The molecule has 0 saturated heterocycles. The molecule has 0 unspecified atom stereocenters. The van der Waals surface area contributed by atoms with Crippen molar-refractivity contribution < 1.29 is 0 Å². The molecular formula is C19H18N4S. The van der Waals surface area contributed by atoms with Gasteiger partial charge in [0.05, 0.1) is 5.56 Å². The predicted octanol–water partition coefficient (Wildman–Crippen LogP) is 4.44. The van der Waals surface area contributed by atoms with Gasteiger partial charge in [0.2, 0.25) is 0 Å². The maximum Gasteiger partial charge on any atom is 0.164 e. The average molecular weight is 334 g/mol. The quantitative estimate of drug-likeness (QED) is 0.651. The summed E-state index contributed by atoms with van der Waals surface area (Å²) >= 11 is 1.71. The zero-order chi connectivity index (χ0) is 16.5. The molecule has 1 aliphatic rings. The van der Waals surface area contributed by atoms with E-state index in [4.69, 9.17) is 0 Å². The average Bonchev–Trinajstić information content (AvgIpc) is 3.13. The van der Waals surface area contributed by atoms with Crippen molar-refractivity contribution in [3.05, 3.63) is 52.2 Å². The van der Waals surface area contributed by atoms with Gasteiger partial charge in [-0.25, -0.2) is 9.67 Å². The fraction of sp³-hybridized carbons (Fsp3) is 0.316. The first-order chi connectivity index (χ1) is 11.8. The maximum absolute atomic E-state index is 9.75. The Bertz CT molecular complexity index is 929. The van der Waals surface area contributed by atoms with Crippen LogP contribution in [0.3, 0.4) is 0 Å². The van der Waals surface area contributed by atoms with Gasteiger partial charge in [-0.3, -0.25) is 0 Å². The van der Waals surface area contributed by atoms with Crippen molar-refractivity contribution in [3.8, 4) is 22.5 Å². The second-order valence-electron chi connectivity index (χ2n) is 6.22. The van der Waals surface area contributed by atoms with Gasteiger partial charge in [0, 0.05) is 10.4 Å². The van der Waals surface area contributed by atoms with Crippen LogP contribution in [0.5, 0.6) is 0 Å². The molecular weight excluding hydrogens is 316 g/mol. The minimum absolute atomic E-state index is 0.788. The highest BCUT2D eigenvalue weighted by Gasteiger charge is 2.23. The lowest BCUT2D eigenvalue weighted by atomic mass is 10.1. The fourth-order valence-corrected chi connectivity index (χ4v) is 4.66. The summed E-state index contributed by atoms with van der Waals surface area (Å²) in [6, 6.07) is 10.7. The molecule has 3 aromatic rings. The number of rotatable bonds is 2.